The Kier molecular flexibility index (Phi) is 3.59. The van der Waals surface area contributed by atoms with Crippen LogP contribution < -0.4 is 5.32 Å². The molecule has 2 unspecified atom stereocenters. The van der Waals surface area contributed by atoms with Gasteiger partial charge in [-0.2, -0.15) is 0 Å². The zero-order valence-electron chi connectivity index (χ0n) is 11.8. The Bertz CT molecular complexity index is 456. The minimum Gasteiger partial charge on any atom is -0.308 e. The van der Waals surface area contributed by atoms with Crippen molar-refractivity contribution in [3.8, 4) is 0 Å². The maximum absolute atomic E-state index is 13.2. The van der Waals surface area contributed by atoms with Crippen LogP contribution in [0.25, 0.3) is 0 Å². The van der Waals surface area contributed by atoms with E-state index in [0.717, 1.165) is 25.4 Å². The van der Waals surface area contributed by atoms with Crippen molar-refractivity contribution in [2.45, 2.75) is 50.7 Å². The predicted octanol–water partition coefficient (Wildman–Crippen LogP) is 2.89. The van der Waals surface area contributed by atoms with Crippen LogP contribution in [-0.4, -0.2) is 30.6 Å². The highest BCUT2D eigenvalue weighted by Crippen LogP contribution is 2.32. The van der Waals surface area contributed by atoms with Crippen molar-refractivity contribution in [1.29, 1.82) is 0 Å². The molecule has 3 heteroatoms. The molecule has 0 saturated heterocycles. The van der Waals surface area contributed by atoms with Crippen LogP contribution in [0.5, 0.6) is 0 Å². The number of nitrogens with one attached hydrogen (secondary N) is 1. The lowest BCUT2D eigenvalue weighted by Gasteiger charge is -2.26. The van der Waals surface area contributed by atoms with Crippen molar-refractivity contribution >= 4 is 0 Å². The second kappa shape index (κ2) is 5.22. The first-order chi connectivity index (χ1) is 9.15. The van der Waals surface area contributed by atoms with Gasteiger partial charge in [0, 0.05) is 24.7 Å². The van der Waals surface area contributed by atoms with E-state index in [0.29, 0.717) is 12.1 Å². The van der Waals surface area contributed by atoms with E-state index in [9.17, 15) is 4.39 Å². The molecule has 1 aromatic rings. The molecule has 0 aliphatic heterocycles. The third-order valence-electron chi connectivity index (χ3n) is 4.66. The van der Waals surface area contributed by atoms with Gasteiger partial charge in [0.1, 0.15) is 5.82 Å². The number of benzene rings is 1. The van der Waals surface area contributed by atoms with Gasteiger partial charge in [0.15, 0.2) is 0 Å². The van der Waals surface area contributed by atoms with Crippen molar-refractivity contribution in [2.75, 3.05) is 13.6 Å². The molecule has 2 nitrogen and oxygen atoms in total. The Morgan fingerprint density at radius 3 is 2.89 bits per heavy atom. The first-order valence-electron chi connectivity index (χ1n) is 7.39. The highest BCUT2D eigenvalue weighted by atomic mass is 19.1. The van der Waals surface area contributed by atoms with E-state index in [4.69, 9.17) is 0 Å². The lowest BCUT2D eigenvalue weighted by atomic mass is 10.1. The quantitative estimate of drug-likeness (QED) is 0.878. The molecule has 2 atom stereocenters. The van der Waals surface area contributed by atoms with E-state index < -0.39 is 0 Å². The van der Waals surface area contributed by atoms with Gasteiger partial charge in [-0.3, -0.25) is 4.90 Å². The highest BCUT2D eigenvalue weighted by Gasteiger charge is 2.30. The average molecular weight is 262 g/mol. The monoisotopic (exact) mass is 262 g/mol. The van der Waals surface area contributed by atoms with Crippen molar-refractivity contribution in [3.63, 3.8) is 0 Å². The van der Waals surface area contributed by atoms with Crippen molar-refractivity contribution in [1.82, 2.24) is 10.2 Å². The maximum Gasteiger partial charge on any atom is 0.123 e. The van der Waals surface area contributed by atoms with Crippen LogP contribution in [0, 0.1) is 5.82 Å². The van der Waals surface area contributed by atoms with Crippen molar-refractivity contribution < 1.29 is 4.39 Å². The van der Waals surface area contributed by atoms with Gasteiger partial charge < -0.3 is 5.32 Å². The first kappa shape index (κ1) is 13.1. The fraction of sp³-hybridized carbons (Fsp3) is 0.625. The van der Waals surface area contributed by atoms with Gasteiger partial charge in [-0.25, -0.2) is 4.39 Å². The minimum absolute atomic E-state index is 0.110. The molecule has 2 aliphatic rings. The molecule has 0 bridgehead atoms. The third-order valence-corrected chi connectivity index (χ3v) is 4.66. The summed E-state index contributed by atoms with van der Waals surface area (Å²) in [6.45, 7) is 3.29. The largest absolute Gasteiger partial charge is 0.308 e. The number of nitrogens with zero attached hydrogens (tertiary/aromatic N) is 1. The third kappa shape index (κ3) is 2.82. The van der Waals surface area contributed by atoms with Gasteiger partial charge in [0.25, 0.3) is 0 Å². The SMILES string of the molecule is CC(CNC1CCc2cc(F)ccc21)N(C)C1CC1. The molecule has 1 aromatic carbocycles. The Labute approximate surface area is 115 Å². The Morgan fingerprint density at radius 2 is 2.16 bits per heavy atom. The molecule has 3 rings (SSSR count). The number of likely N-dealkylation sites (N-methyl/N-ethyl adjacent to an activating group) is 1. The number of fused-ring (bicyclic) bond motifs is 1. The molecule has 2 aliphatic carbocycles. The molecule has 0 amide bonds. The summed E-state index contributed by atoms with van der Waals surface area (Å²) in [6.07, 6.45) is 4.80. The lowest BCUT2D eigenvalue weighted by molar-refractivity contribution is 0.235. The van der Waals surface area contributed by atoms with Crippen LogP contribution in [-0.2, 0) is 6.42 Å². The number of aryl methyl sites for hydroxylation is 1. The zero-order chi connectivity index (χ0) is 13.4. The molecular formula is C16H23FN2. The van der Waals surface area contributed by atoms with Gasteiger partial charge in [0.05, 0.1) is 0 Å². The maximum atomic E-state index is 13.2. The zero-order valence-corrected chi connectivity index (χ0v) is 11.8. The van der Waals surface area contributed by atoms with Crippen LogP contribution in [0.3, 0.4) is 0 Å². The molecule has 104 valence electrons. The van der Waals surface area contributed by atoms with E-state index in [1.54, 1.807) is 12.1 Å². The summed E-state index contributed by atoms with van der Waals surface area (Å²) in [4.78, 5) is 2.48. The Hall–Kier alpha value is -0.930. The van der Waals surface area contributed by atoms with Crippen LogP contribution in [0.2, 0.25) is 0 Å². The lowest BCUT2D eigenvalue weighted by Crippen LogP contribution is -2.40. The molecule has 19 heavy (non-hydrogen) atoms. The van der Waals surface area contributed by atoms with Crippen LogP contribution in [0.4, 0.5) is 4.39 Å². The van der Waals surface area contributed by atoms with Gasteiger partial charge in [-0.1, -0.05) is 6.07 Å². The van der Waals surface area contributed by atoms with E-state index in [2.05, 4.69) is 24.2 Å². The molecule has 0 heterocycles. The second-order valence-electron chi connectivity index (χ2n) is 6.09. The second-order valence-corrected chi connectivity index (χ2v) is 6.09. The Balaban J connectivity index is 1.57. The summed E-state index contributed by atoms with van der Waals surface area (Å²) in [5, 5.41) is 3.66. The molecule has 0 radical (unpaired) electrons. The summed E-state index contributed by atoms with van der Waals surface area (Å²) >= 11 is 0. The van der Waals surface area contributed by atoms with E-state index in [1.165, 1.54) is 24.0 Å². The topological polar surface area (TPSA) is 15.3 Å². The normalized spacial score (nSPS) is 23.7. The van der Waals surface area contributed by atoms with Gasteiger partial charge in [0.2, 0.25) is 0 Å². The highest BCUT2D eigenvalue weighted by molar-refractivity contribution is 5.34. The van der Waals surface area contributed by atoms with Gasteiger partial charge in [-0.15, -0.1) is 0 Å². The first-order valence-corrected chi connectivity index (χ1v) is 7.39. The van der Waals surface area contributed by atoms with Crippen LogP contribution >= 0.6 is 0 Å². The number of hydrogen-bond acceptors (Lipinski definition) is 2. The summed E-state index contributed by atoms with van der Waals surface area (Å²) < 4.78 is 13.2. The molecule has 0 aromatic heterocycles. The molecular weight excluding hydrogens is 239 g/mol. The smallest absolute Gasteiger partial charge is 0.123 e. The fourth-order valence-electron chi connectivity index (χ4n) is 3.10. The van der Waals surface area contributed by atoms with Crippen molar-refractivity contribution in [2.24, 2.45) is 0 Å². The summed E-state index contributed by atoms with van der Waals surface area (Å²) in [7, 11) is 2.22. The fourth-order valence-corrected chi connectivity index (χ4v) is 3.10. The van der Waals surface area contributed by atoms with Crippen LogP contribution in [0.1, 0.15) is 43.4 Å². The molecule has 1 N–H and O–H groups in total. The van der Waals surface area contributed by atoms with Gasteiger partial charge in [-0.05, 0) is 62.9 Å². The van der Waals surface area contributed by atoms with E-state index >= 15 is 0 Å². The average Bonchev–Trinajstić information content (AvgIpc) is 3.17. The van der Waals surface area contributed by atoms with Crippen LogP contribution in [0.15, 0.2) is 18.2 Å². The van der Waals surface area contributed by atoms with E-state index in [1.807, 2.05) is 6.07 Å². The number of halogens is 1. The minimum atomic E-state index is -0.110. The predicted molar refractivity (Wildman–Crippen MR) is 75.7 cm³/mol. The summed E-state index contributed by atoms with van der Waals surface area (Å²) in [5.41, 5.74) is 2.48. The Morgan fingerprint density at radius 1 is 1.37 bits per heavy atom. The van der Waals surface area contributed by atoms with Gasteiger partial charge >= 0.3 is 0 Å². The van der Waals surface area contributed by atoms with Crippen molar-refractivity contribution in [3.05, 3.63) is 35.1 Å². The molecule has 0 spiro atoms. The molecule has 1 saturated carbocycles. The molecule has 1 fully saturated rings. The number of hydrogen-bond donors (Lipinski definition) is 1. The summed E-state index contributed by atoms with van der Waals surface area (Å²) in [6, 6.07) is 7.00. The number of rotatable bonds is 5. The summed E-state index contributed by atoms with van der Waals surface area (Å²) in [5.74, 6) is -0.110. The van der Waals surface area contributed by atoms with E-state index in [-0.39, 0.29) is 5.82 Å². The standard InChI is InChI=1S/C16H23FN2/c1-11(19(2)14-5-6-14)10-18-16-8-3-12-9-13(17)4-7-15(12)16/h4,7,9,11,14,16,18H,3,5-6,8,10H2,1-2H3.